The minimum Gasteiger partial charge on any atom is -0.309 e. The van der Waals surface area contributed by atoms with Gasteiger partial charge in [-0.3, -0.25) is 0 Å². The van der Waals surface area contributed by atoms with Gasteiger partial charge in [-0.15, -0.1) is 0 Å². The van der Waals surface area contributed by atoms with Gasteiger partial charge in [0.15, 0.2) is 0 Å². The van der Waals surface area contributed by atoms with Crippen molar-refractivity contribution in [3.63, 3.8) is 0 Å². The number of para-hydroxylation sites is 3. The third-order valence-corrected chi connectivity index (χ3v) is 7.73. The summed E-state index contributed by atoms with van der Waals surface area (Å²) in [5.41, 5.74) is 9.69. The first-order valence-electron chi connectivity index (χ1n) is 13.0. The number of aromatic nitrogens is 2. The van der Waals surface area contributed by atoms with E-state index in [4.69, 9.17) is 0 Å². The summed E-state index contributed by atoms with van der Waals surface area (Å²) in [7, 11) is 0. The van der Waals surface area contributed by atoms with Gasteiger partial charge in [-0.25, -0.2) is 0 Å². The molecule has 0 bridgehead atoms. The Morgan fingerprint density at radius 1 is 0.289 bits per heavy atom. The van der Waals surface area contributed by atoms with Gasteiger partial charge in [0, 0.05) is 32.9 Å². The van der Waals surface area contributed by atoms with Crippen LogP contribution in [0.2, 0.25) is 0 Å². The Hall–Kier alpha value is -5.08. The summed E-state index contributed by atoms with van der Waals surface area (Å²) in [4.78, 5) is 0. The van der Waals surface area contributed by atoms with Crippen LogP contribution in [0.4, 0.5) is 0 Å². The van der Waals surface area contributed by atoms with Crippen LogP contribution in [0, 0.1) is 0 Å². The van der Waals surface area contributed by atoms with Crippen molar-refractivity contribution in [3.8, 4) is 22.5 Å². The molecular weight excluding hydrogens is 460 g/mol. The molecule has 6 aromatic carbocycles. The van der Waals surface area contributed by atoms with E-state index in [0.717, 1.165) is 0 Å². The standard InChI is InChI=1S/C36H24N2/c1-2-10-25(11-3-1)26-18-20-27(21-19-26)37-35-17-9-6-14-31(35)32-24-28(22-23-36(32)37)38-33-15-7-4-12-29(33)30-13-5-8-16-34(30)38/h1-24H. The van der Waals surface area contributed by atoms with E-state index < -0.39 is 0 Å². The van der Waals surface area contributed by atoms with Gasteiger partial charge in [-0.05, 0) is 59.7 Å². The predicted molar refractivity (Wildman–Crippen MR) is 161 cm³/mol. The lowest BCUT2D eigenvalue weighted by Gasteiger charge is -2.11. The molecule has 0 fully saturated rings. The van der Waals surface area contributed by atoms with E-state index in [1.165, 1.54) is 66.1 Å². The van der Waals surface area contributed by atoms with Gasteiger partial charge in [0.05, 0.1) is 22.1 Å². The summed E-state index contributed by atoms with van der Waals surface area (Å²) < 4.78 is 4.78. The summed E-state index contributed by atoms with van der Waals surface area (Å²) in [6.45, 7) is 0. The van der Waals surface area contributed by atoms with Crippen molar-refractivity contribution in [1.29, 1.82) is 0 Å². The van der Waals surface area contributed by atoms with Crippen molar-refractivity contribution in [3.05, 3.63) is 146 Å². The third kappa shape index (κ3) is 3.07. The van der Waals surface area contributed by atoms with Gasteiger partial charge in [0.1, 0.15) is 0 Å². The molecule has 2 nitrogen and oxygen atoms in total. The number of hydrogen-bond acceptors (Lipinski definition) is 0. The van der Waals surface area contributed by atoms with Crippen LogP contribution in [-0.4, -0.2) is 9.13 Å². The molecule has 0 unspecified atom stereocenters. The van der Waals surface area contributed by atoms with Crippen LogP contribution in [-0.2, 0) is 0 Å². The first-order valence-corrected chi connectivity index (χ1v) is 13.0. The summed E-state index contributed by atoms with van der Waals surface area (Å²) in [6.07, 6.45) is 0. The van der Waals surface area contributed by atoms with Crippen LogP contribution in [0.15, 0.2) is 146 Å². The summed E-state index contributed by atoms with van der Waals surface area (Å²) in [5, 5.41) is 5.08. The van der Waals surface area contributed by atoms with Crippen molar-refractivity contribution in [1.82, 2.24) is 9.13 Å². The second kappa shape index (κ2) is 8.22. The van der Waals surface area contributed by atoms with E-state index in [1.807, 2.05) is 0 Å². The van der Waals surface area contributed by atoms with Crippen LogP contribution in [0.5, 0.6) is 0 Å². The maximum absolute atomic E-state index is 2.39. The van der Waals surface area contributed by atoms with Crippen LogP contribution >= 0.6 is 0 Å². The Balaban J connectivity index is 1.36. The normalized spacial score (nSPS) is 11.7. The molecule has 0 atom stereocenters. The lowest BCUT2D eigenvalue weighted by molar-refractivity contribution is 1.17. The molecule has 2 aromatic heterocycles. The zero-order valence-electron chi connectivity index (χ0n) is 20.8. The molecule has 0 amide bonds. The predicted octanol–water partition coefficient (Wildman–Crippen LogP) is 9.55. The molecule has 0 spiro atoms. The average molecular weight is 485 g/mol. The molecule has 2 heterocycles. The summed E-state index contributed by atoms with van der Waals surface area (Å²) in [6, 6.07) is 52.4. The van der Waals surface area contributed by atoms with Crippen LogP contribution < -0.4 is 0 Å². The summed E-state index contributed by atoms with van der Waals surface area (Å²) >= 11 is 0. The lowest BCUT2D eigenvalue weighted by atomic mass is 10.1. The SMILES string of the molecule is c1ccc(-c2ccc(-n3c4ccccc4c4cc(-n5c6ccccc6c6ccccc65)ccc43)cc2)cc1. The molecule has 0 radical (unpaired) electrons. The van der Waals surface area contributed by atoms with Gasteiger partial charge >= 0.3 is 0 Å². The lowest BCUT2D eigenvalue weighted by Crippen LogP contribution is -1.95. The minimum atomic E-state index is 1.17. The number of benzene rings is 6. The van der Waals surface area contributed by atoms with Crippen molar-refractivity contribution in [2.45, 2.75) is 0 Å². The fraction of sp³-hybridized carbons (Fsp3) is 0. The van der Waals surface area contributed by atoms with E-state index in [-0.39, 0.29) is 0 Å². The Labute approximate surface area is 220 Å². The molecule has 0 aliphatic heterocycles. The molecule has 38 heavy (non-hydrogen) atoms. The van der Waals surface area contributed by atoms with E-state index in [1.54, 1.807) is 0 Å². The number of hydrogen-bond donors (Lipinski definition) is 0. The Kier molecular flexibility index (Phi) is 4.55. The molecule has 178 valence electrons. The zero-order chi connectivity index (χ0) is 25.1. The Morgan fingerprint density at radius 3 is 1.32 bits per heavy atom. The van der Waals surface area contributed by atoms with E-state index in [0.29, 0.717) is 0 Å². The highest BCUT2D eigenvalue weighted by atomic mass is 15.0. The zero-order valence-corrected chi connectivity index (χ0v) is 20.8. The largest absolute Gasteiger partial charge is 0.309 e. The van der Waals surface area contributed by atoms with Gasteiger partial charge in [-0.2, -0.15) is 0 Å². The van der Waals surface area contributed by atoms with E-state index in [2.05, 4.69) is 155 Å². The van der Waals surface area contributed by atoms with Crippen LogP contribution in [0.1, 0.15) is 0 Å². The van der Waals surface area contributed by atoms with Crippen LogP contribution in [0.3, 0.4) is 0 Å². The maximum Gasteiger partial charge on any atom is 0.0542 e. The molecule has 8 aromatic rings. The topological polar surface area (TPSA) is 9.86 Å². The van der Waals surface area contributed by atoms with Crippen molar-refractivity contribution in [2.75, 3.05) is 0 Å². The first kappa shape index (κ1) is 21.0. The first-order chi connectivity index (χ1) is 18.9. The van der Waals surface area contributed by atoms with E-state index >= 15 is 0 Å². The van der Waals surface area contributed by atoms with Crippen LogP contribution in [0.25, 0.3) is 66.1 Å². The smallest absolute Gasteiger partial charge is 0.0542 e. The minimum absolute atomic E-state index is 1.17. The monoisotopic (exact) mass is 484 g/mol. The second-order valence-electron chi connectivity index (χ2n) is 9.84. The van der Waals surface area contributed by atoms with Gasteiger partial charge < -0.3 is 9.13 Å². The van der Waals surface area contributed by atoms with E-state index in [9.17, 15) is 0 Å². The Bertz CT molecular complexity index is 2060. The highest BCUT2D eigenvalue weighted by molar-refractivity contribution is 6.12. The van der Waals surface area contributed by atoms with Crippen molar-refractivity contribution < 1.29 is 0 Å². The molecular formula is C36H24N2. The molecule has 0 N–H and O–H groups in total. The van der Waals surface area contributed by atoms with Crippen molar-refractivity contribution >= 4 is 43.6 Å². The van der Waals surface area contributed by atoms with Gasteiger partial charge in [-0.1, -0.05) is 97.1 Å². The molecule has 0 aliphatic rings. The average Bonchev–Trinajstić information content (AvgIpc) is 3.50. The Morgan fingerprint density at radius 2 is 0.711 bits per heavy atom. The third-order valence-electron chi connectivity index (χ3n) is 7.73. The molecule has 0 saturated heterocycles. The number of fused-ring (bicyclic) bond motifs is 6. The number of nitrogens with zero attached hydrogens (tertiary/aromatic N) is 2. The second-order valence-corrected chi connectivity index (χ2v) is 9.84. The number of rotatable bonds is 3. The van der Waals surface area contributed by atoms with Gasteiger partial charge in [0.2, 0.25) is 0 Å². The molecule has 0 saturated carbocycles. The summed E-state index contributed by atoms with van der Waals surface area (Å²) in [5.74, 6) is 0. The van der Waals surface area contributed by atoms with Gasteiger partial charge in [0.25, 0.3) is 0 Å². The fourth-order valence-corrected chi connectivity index (χ4v) is 6.01. The maximum atomic E-state index is 2.39. The molecule has 0 aliphatic carbocycles. The molecule has 8 rings (SSSR count). The highest BCUT2D eigenvalue weighted by Crippen LogP contribution is 2.37. The highest BCUT2D eigenvalue weighted by Gasteiger charge is 2.16. The fourth-order valence-electron chi connectivity index (χ4n) is 6.01. The quantitative estimate of drug-likeness (QED) is 0.236. The molecule has 2 heteroatoms. The van der Waals surface area contributed by atoms with Crippen molar-refractivity contribution in [2.24, 2.45) is 0 Å².